The lowest BCUT2D eigenvalue weighted by molar-refractivity contribution is -0.755. The molecule has 0 saturated carbocycles. The Labute approximate surface area is 96.2 Å². The van der Waals surface area contributed by atoms with Crippen LogP contribution in [0.1, 0.15) is 25.6 Å². The van der Waals surface area contributed by atoms with Crippen molar-refractivity contribution < 1.29 is 9.79 Å². The molecule has 0 bridgehead atoms. The Balaban J connectivity index is 2.48. The van der Waals surface area contributed by atoms with Crippen molar-refractivity contribution in [3.63, 3.8) is 0 Å². The highest BCUT2D eigenvalue weighted by Crippen LogP contribution is 2.22. The highest BCUT2D eigenvalue weighted by molar-refractivity contribution is 5.70. The van der Waals surface area contributed by atoms with E-state index in [0.717, 1.165) is 18.7 Å². The van der Waals surface area contributed by atoms with E-state index >= 15 is 0 Å². The molecular formula is C12H20N3O+. The molecule has 2 N–H and O–H groups in total. The minimum Gasteiger partial charge on any atom is -0.392 e. The van der Waals surface area contributed by atoms with Gasteiger partial charge in [-0.25, -0.2) is 0 Å². The van der Waals surface area contributed by atoms with Crippen LogP contribution < -0.4 is 10.00 Å². The van der Waals surface area contributed by atoms with Crippen molar-refractivity contribution in [3.05, 3.63) is 23.5 Å². The number of hydrogen-bond donors (Lipinski definition) is 2. The summed E-state index contributed by atoms with van der Waals surface area (Å²) in [5.74, 6) is 0. The molecule has 0 aromatic carbocycles. The topological polar surface area (TPSA) is 41.1 Å². The number of aryl methyl sites for hydroxylation is 1. The van der Waals surface area contributed by atoms with Gasteiger partial charge in [-0.2, -0.15) is 4.68 Å². The van der Waals surface area contributed by atoms with Gasteiger partial charge >= 0.3 is 0 Å². The molecule has 1 aromatic rings. The molecule has 4 heteroatoms. The van der Waals surface area contributed by atoms with Crippen LogP contribution >= 0.6 is 0 Å². The molecule has 2 heterocycles. The minimum absolute atomic E-state index is 0.148. The molecule has 0 radical (unpaired) electrons. The van der Waals surface area contributed by atoms with E-state index in [1.165, 1.54) is 11.3 Å². The summed E-state index contributed by atoms with van der Waals surface area (Å²) in [5.41, 5.74) is 3.57. The second kappa shape index (κ2) is 4.39. The Kier molecular flexibility index (Phi) is 3.12. The second-order valence-corrected chi connectivity index (χ2v) is 4.56. The first kappa shape index (κ1) is 11.4. The van der Waals surface area contributed by atoms with Crippen LogP contribution in [-0.2, 0) is 7.05 Å². The number of aliphatic hydroxyl groups excluding tert-OH is 1. The Bertz CT molecular complexity index is 418. The average Bonchev–Trinajstić information content (AvgIpc) is 2.82. The summed E-state index contributed by atoms with van der Waals surface area (Å²) in [6, 6.07) is 2.54. The van der Waals surface area contributed by atoms with Gasteiger partial charge < -0.3 is 10.4 Å². The van der Waals surface area contributed by atoms with Gasteiger partial charge in [0.25, 0.3) is 0 Å². The van der Waals surface area contributed by atoms with Gasteiger partial charge in [0.05, 0.1) is 12.6 Å². The lowest BCUT2D eigenvalue weighted by Gasteiger charge is -2.10. The fraction of sp³-hybridized carbons (Fsp3) is 0.583. The second-order valence-electron chi connectivity index (χ2n) is 4.56. The monoisotopic (exact) mass is 222 g/mol. The zero-order chi connectivity index (χ0) is 11.7. The average molecular weight is 222 g/mol. The SMILES string of the molecule is CC(C)n1c(C2=C(CO)CNC2)cc[n+]1C. The Morgan fingerprint density at radius 3 is 2.88 bits per heavy atom. The molecule has 0 spiro atoms. The zero-order valence-electron chi connectivity index (χ0n) is 10.2. The molecule has 88 valence electrons. The summed E-state index contributed by atoms with van der Waals surface area (Å²) in [6.07, 6.45) is 2.07. The van der Waals surface area contributed by atoms with Crippen molar-refractivity contribution in [2.45, 2.75) is 19.9 Å². The number of aromatic nitrogens is 2. The van der Waals surface area contributed by atoms with Crippen LogP contribution in [0.25, 0.3) is 5.57 Å². The normalized spacial score (nSPS) is 16.6. The fourth-order valence-electron chi connectivity index (χ4n) is 2.37. The van der Waals surface area contributed by atoms with Crippen molar-refractivity contribution in [1.29, 1.82) is 0 Å². The number of hydrogen-bond acceptors (Lipinski definition) is 2. The van der Waals surface area contributed by atoms with Gasteiger partial charge in [0.2, 0.25) is 0 Å². The Morgan fingerprint density at radius 1 is 1.50 bits per heavy atom. The van der Waals surface area contributed by atoms with Gasteiger partial charge in [-0.1, -0.05) is 0 Å². The van der Waals surface area contributed by atoms with Crippen LogP contribution in [0.5, 0.6) is 0 Å². The standard InChI is InChI=1S/C12H20N3O/c1-9(2)15-12(4-5-14(15)3)11-7-13-6-10(11)8-16/h4-5,9,13,16H,6-8H2,1-3H3/q+1. The molecular weight excluding hydrogens is 202 g/mol. The smallest absolute Gasteiger partial charge is 0.196 e. The molecule has 0 amide bonds. The first-order valence-corrected chi connectivity index (χ1v) is 5.75. The number of nitrogens with one attached hydrogen (secondary N) is 1. The molecule has 16 heavy (non-hydrogen) atoms. The van der Waals surface area contributed by atoms with Crippen molar-refractivity contribution in [2.24, 2.45) is 7.05 Å². The van der Waals surface area contributed by atoms with Crippen molar-refractivity contribution >= 4 is 5.57 Å². The van der Waals surface area contributed by atoms with Gasteiger partial charge in [-0.15, -0.1) is 4.68 Å². The number of rotatable bonds is 3. The maximum Gasteiger partial charge on any atom is 0.196 e. The van der Waals surface area contributed by atoms with Crippen molar-refractivity contribution in [3.8, 4) is 0 Å². The van der Waals surface area contributed by atoms with Gasteiger partial charge in [-0.05, 0) is 25.0 Å². The lowest BCUT2D eigenvalue weighted by Crippen LogP contribution is -2.40. The highest BCUT2D eigenvalue weighted by atomic mass is 16.3. The molecule has 1 aliphatic rings. The zero-order valence-corrected chi connectivity index (χ0v) is 10.2. The van der Waals surface area contributed by atoms with E-state index in [4.69, 9.17) is 0 Å². The predicted molar refractivity (Wildman–Crippen MR) is 62.9 cm³/mol. The fourth-order valence-corrected chi connectivity index (χ4v) is 2.37. The molecule has 0 unspecified atom stereocenters. The summed E-state index contributed by atoms with van der Waals surface area (Å²) in [4.78, 5) is 0. The third-order valence-corrected chi connectivity index (χ3v) is 3.09. The van der Waals surface area contributed by atoms with E-state index in [1.54, 1.807) is 0 Å². The summed E-state index contributed by atoms with van der Waals surface area (Å²) in [6.45, 7) is 6.15. The molecule has 0 atom stereocenters. The third kappa shape index (κ3) is 1.79. The molecule has 1 aliphatic heterocycles. The molecule has 2 rings (SSSR count). The largest absolute Gasteiger partial charge is 0.392 e. The summed E-state index contributed by atoms with van der Waals surface area (Å²) in [5, 5.41) is 12.6. The van der Waals surface area contributed by atoms with Gasteiger partial charge in [0, 0.05) is 19.2 Å². The quantitative estimate of drug-likeness (QED) is 0.719. The minimum atomic E-state index is 0.148. The maximum absolute atomic E-state index is 9.32. The van der Waals surface area contributed by atoms with E-state index in [1.807, 2.05) is 7.05 Å². The number of aliphatic hydroxyl groups is 1. The maximum atomic E-state index is 9.32. The van der Waals surface area contributed by atoms with Crippen LogP contribution in [0.2, 0.25) is 0 Å². The van der Waals surface area contributed by atoms with E-state index in [2.05, 4.69) is 40.8 Å². The van der Waals surface area contributed by atoms with Crippen molar-refractivity contribution in [2.75, 3.05) is 19.7 Å². The molecule has 0 saturated heterocycles. The van der Waals surface area contributed by atoms with Gasteiger partial charge in [0.15, 0.2) is 13.2 Å². The van der Waals surface area contributed by atoms with E-state index in [9.17, 15) is 5.11 Å². The van der Waals surface area contributed by atoms with Gasteiger partial charge in [0.1, 0.15) is 5.69 Å². The van der Waals surface area contributed by atoms with Gasteiger partial charge in [-0.3, -0.25) is 0 Å². The molecule has 0 aliphatic carbocycles. The van der Waals surface area contributed by atoms with Crippen LogP contribution in [0.4, 0.5) is 0 Å². The van der Waals surface area contributed by atoms with E-state index in [-0.39, 0.29) is 6.61 Å². The van der Waals surface area contributed by atoms with Crippen LogP contribution in [0.3, 0.4) is 0 Å². The molecule has 0 fully saturated rings. The van der Waals surface area contributed by atoms with Crippen molar-refractivity contribution in [1.82, 2.24) is 10.00 Å². The number of nitrogens with zero attached hydrogens (tertiary/aromatic N) is 2. The lowest BCUT2D eigenvalue weighted by atomic mass is 10.1. The Morgan fingerprint density at radius 2 is 2.25 bits per heavy atom. The summed E-state index contributed by atoms with van der Waals surface area (Å²) in [7, 11) is 2.05. The molecule has 4 nitrogen and oxygen atoms in total. The van der Waals surface area contributed by atoms with E-state index in [0.29, 0.717) is 6.04 Å². The first-order valence-electron chi connectivity index (χ1n) is 5.75. The third-order valence-electron chi connectivity index (χ3n) is 3.09. The highest BCUT2D eigenvalue weighted by Gasteiger charge is 2.23. The summed E-state index contributed by atoms with van der Waals surface area (Å²) < 4.78 is 4.35. The van der Waals surface area contributed by atoms with Crippen LogP contribution in [0.15, 0.2) is 17.8 Å². The predicted octanol–water partition coefficient (Wildman–Crippen LogP) is 0.243. The first-order chi connectivity index (χ1) is 7.65. The van der Waals surface area contributed by atoms with E-state index < -0.39 is 0 Å². The summed E-state index contributed by atoms with van der Waals surface area (Å²) >= 11 is 0. The van der Waals surface area contributed by atoms with Crippen LogP contribution in [0, 0.1) is 0 Å². The molecule has 1 aromatic heterocycles. The van der Waals surface area contributed by atoms with Crippen LogP contribution in [-0.4, -0.2) is 29.5 Å². The Hall–Kier alpha value is -1.13.